The summed E-state index contributed by atoms with van der Waals surface area (Å²) in [6, 6.07) is 7.39. The lowest BCUT2D eigenvalue weighted by Gasteiger charge is -2.31. The van der Waals surface area contributed by atoms with Crippen LogP contribution in [0, 0.1) is 17.8 Å². The van der Waals surface area contributed by atoms with Crippen LogP contribution in [0.25, 0.3) is 0 Å². The van der Waals surface area contributed by atoms with Gasteiger partial charge < -0.3 is 15.7 Å². The Bertz CT molecular complexity index is 992. The molecule has 0 bridgehead atoms. The van der Waals surface area contributed by atoms with E-state index in [1.54, 1.807) is 12.1 Å². The van der Waals surface area contributed by atoms with Crippen molar-refractivity contribution in [3.8, 4) is 11.8 Å². The Morgan fingerprint density at radius 3 is 2.48 bits per heavy atom. The highest BCUT2D eigenvalue weighted by Gasteiger charge is 2.52. The van der Waals surface area contributed by atoms with E-state index in [-0.39, 0.29) is 11.9 Å². The fourth-order valence-electron chi connectivity index (χ4n) is 4.43. The maximum Gasteiger partial charge on any atom is 0.307 e. The molecular weight excluding hydrogens is 396 g/mol. The Balaban J connectivity index is 1.60. The van der Waals surface area contributed by atoms with Gasteiger partial charge in [0, 0.05) is 24.7 Å². The predicted molar refractivity (Wildman–Crippen MR) is 112 cm³/mol. The van der Waals surface area contributed by atoms with E-state index in [2.05, 4.69) is 32.5 Å². The normalized spacial score (nSPS) is 19.2. The minimum atomic E-state index is -0.915. The molecule has 31 heavy (non-hydrogen) atoms. The van der Waals surface area contributed by atoms with Crippen molar-refractivity contribution in [1.82, 2.24) is 25.5 Å². The largest absolute Gasteiger partial charge is 0.481 e. The number of hydrogen-bond acceptors (Lipinski definition) is 6. The van der Waals surface area contributed by atoms with Crippen molar-refractivity contribution in [2.75, 3.05) is 13.1 Å². The lowest BCUT2D eigenvalue weighted by Crippen LogP contribution is -2.42. The highest BCUT2D eigenvalue weighted by molar-refractivity contribution is 5.94. The number of tetrazole rings is 1. The second-order valence-electron chi connectivity index (χ2n) is 8.25. The number of likely N-dealkylation sites (tertiary alicyclic amines) is 1. The van der Waals surface area contributed by atoms with Gasteiger partial charge in [0.25, 0.3) is 5.91 Å². The summed E-state index contributed by atoms with van der Waals surface area (Å²) in [7, 11) is 0. The number of benzene rings is 1. The molecule has 2 aliphatic rings. The Kier molecular flexibility index (Phi) is 5.74. The van der Waals surface area contributed by atoms with Crippen LogP contribution in [0.15, 0.2) is 24.3 Å². The number of carboxylic acid groups (broad SMARTS) is 1. The zero-order chi connectivity index (χ0) is 22.0. The number of amides is 1. The van der Waals surface area contributed by atoms with Crippen LogP contribution in [-0.4, -0.2) is 61.6 Å². The number of nitrogens with two attached hydrogens (primary N) is 1. The Labute approximate surface area is 180 Å². The molecule has 1 aromatic heterocycles. The van der Waals surface area contributed by atoms with Crippen LogP contribution in [0.3, 0.4) is 0 Å². The third-order valence-electron chi connectivity index (χ3n) is 6.23. The van der Waals surface area contributed by atoms with E-state index in [0.717, 1.165) is 18.4 Å². The number of nitrogens with one attached hydrogen (secondary N) is 1. The number of rotatable bonds is 8. The second-order valence-corrected chi connectivity index (χ2v) is 8.25. The quantitative estimate of drug-likeness (QED) is 0.545. The van der Waals surface area contributed by atoms with Crippen LogP contribution >= 0.6 is 0 Å². The maximum atomic E-state index is 12.8. The molecule has 1 aliphatic heterocycles. The van der Waals surface area contributed by atoms with Crippen LogP contribution in [-0.2, 0) is 10.2 Å². The van der Waals surface area contributed by atoms with Crippen LogP contribution in [0.4, 0.5) is 0 Å². The van der Waals surface area contributed by atoms with Crippen molar-refractivity contribution in [3.05, 3.63) is 41.2 Å². The van der Waals surface area contributed by atoms with Crippen LogP contribution in [0.1, 0.15) is 60.3 Å². The van der Waals surface area contributed by atoms with Crippen molar-refractivity contribution in [1.29, 1.82) is 0 Å². The van der Waals surface area contributed by atoms with E-state index >= 15 is 0 Å². The van der Waals surface area contributed by atoms with Gasteiger partial charge >= 0.3 is 5.97 Å². The standard InChI is InChI=1S/C22H26N6O3/c1-2-3-17(21(30)31)18(19-24-26-27-25-19)22(10-11-22)15-6-4-14(5-7-15)20(29)28-12-8-16(23)9-13-28/h4-7,16-18H,2-3,8-9,12-13,23H2,1H3,(H,30,31)(H,24,25,26,27). The monoisotopic (exact) mass is 422 g/mol. The van der Waals surface area contributed by atoms with Crippen molar-refractivity contribution in [2.45, 2.75) is 50.0 Å². The van der Waals surface area contributed by atoms with E-state index in [1.807, 2.05) is 24.0 Å². The number of carbonyl (C=O) groups is 2. The van der Waals surface area contributed by atoms with Gasteiger partial charge in [0.1, 0.15) is 5.41 Å². The molecule has 1 aromatic carbocycles. The number of hydrogen-bond donors (Lipinski definition) is 3. The summed E-state index contributed by atoms with van der Waals surface area (Å²) < 4.78 is 0. The second kappa shape index (κ2) is 8.47. The maximum absolute atomic E-state index is 12.8. The van der Waals surface area contributed by atoms with E-state index in [4.69, 9.17) is 5.73 Å². The lowest BCUT2D eigenvalue weighted by molar-refractivity contribution is -0.143. The molecule has 162 valence electrons. The van der Waals surface area contributed by atoms with Crippen molar-refractivity contribution >= 4 is 11.9 Å². The summed E-state index contributed by atoms with van der Waals surface area (Å²) in [6.07, 6.45) is 2.78. The number of carboxylic acids is 1. The summed E-state index contributed by atoms with van der Waals surface area (Å²) in [5.74, 6) is 4.32. The smallest absolute Gasteiger partial charge is 0.307 e. The van der Waals surface area contributed by atoms with Crippen molar-refractivity contribution < 1.29 is 14.7 Å². The molecule has 2 atom stereocenters. The molecule has 1 fully saturated rings. The molecule has 0 spiro atoms. The lowest BCUT2D eigenvalue weighted by atomic mass is 9.70. The number of piperidine rings is 1. The summed E-state index contributed by atoms with van der Waals surface area (Å²) in [4.78, 5) is 26.7. The van der Waals surface area contributed by atoms with Gasteiger partial charge in [-0.2, -0.15) is 5.21 Å². The fourth-order valence-corrected chi connectivity index (χ4v) is 4.43. The van der Waals surface area contributed by atoms with E-state index in [1.165, 1.54) is 0 Å². The van der Waals surface area contributed by atoms with Crippen LogP contribution < -0.4 is 5.73 Å². The fraction of sp³-hybridized carbons (Fsp3) is 0.500. The van der Waals surface area contributed by atoms with Crippen molar-refractivity contribution in [3.63, 3.8) is 0 Å². The van der Waals surface area contributed by atoms with E-state index < -0.39 is 23.2 Å². The van der Waals surface area contributed by atoms with Crippen LogP contribution in [0.5, 0.6) is 0 Å². The summed E-state index contributed by atoms with van der Waals surface area (Å²) in [5.41, 5.74) is 6.49. The molecule has 4 rings (SSSR count). The zero-order valence-corrected chi connectivity index (χ0v) is 17.4. The van der Waals surface area contributed by atoms with Gasteiger partial charge in [-0.05, 0) is 37.0 Å². The number of aromatic amines is 1. The molecular formula is C22H26N6O3. The molecule has 2 aromatic rings. The molecule has 2 heterocycles. The van der Waals surface area contributed by atoms with Gasteiger partial charge in [-0.25, -0.2) is 0 Å². The molecule has 9 nitrogen and oxygen atoms in total. The average molecular weight is 422 g/mol. The number of nitrogens with zero attached hydrogens (tertiary/aromatic N) is 4. The summed E-state index contributed by atoms with van der Waals surface area (Å²) >= 11 is 0. The van der Waals surface area contributed by atoms with Gasteiger partial charge in [-0.15, -0.1) is 10.2 Å². The van der Waals surface area contributed by atoms with E-state index in [0.29, 0.717) is 37.3 Å². The first kappa shape index (κ1) is 21.0. The SMILES string of the molecule is CCCC(C(=O)O)C(c1nn[nH]n1)C1(c2ccc(C(=O)N3CCC(N)CC3)cc2)C#C1. The molecule has 4 N–H and O–H groups in total. The van der Waals surface area contributed by atoms with E-state index in [9.17, 15) is 14.7 Å². The van der Waals surface area contributed by atoms with Gasteiger partial charge in [-0.3, -0.25) is 9.59 Å². The minimum absolute atomic E-state index is 0.0201. The Morgan fingerprint density at radius 2 is 1.97 bits per heavy atom. The Morgan fingerprint density at radius 1 is 1.29 bits per heavy atom. The third kappa shape index (κ3) is 4.03. The van der Waals surface area contributed by atoms with Crippen molar-refractivity contribution in [2.24, 2.45) is 11.7 Å². The average Bonchev–Trinajstić information content (AvgIpc) is 3.39. The van der Waals surface area contributed by atoms with Gasteiger partial charge in [-0.1, -0.05) is 42.5 Å². The molecule has 2 unspecified atom stereocenters. The molecule has 0 saturated carbocycles. The Hall–Kier alpha value is -3.25. The highest BCUT2D eigenvalue weighted by Crippen LogP contribution is 2.48. The summed E-state index contributed by atoms with van der Waals surface area (Å²) in [6.45, 7) is 3.26. The predicted octanol–water partition coefficient (Wildman–Crippen LogP) is 1.30. The van der Waals surface area contributed by atoms with Gasteiger partial charge in [0.05, 0.1) is 11.8 Å². The number of aromatic nitrogens is 4. The molecule has 0 radical (unpaired) electrons. The first-order chi connectivity index (χ1) is 15.0. The number of carbonyl (C=O) groups excluding carboxylic acids is 1. The van der Waals surface area contributed by atoms with Gasteiger partial charge in [0.15, 0.2) is 5.82 Å². The van der Waals surface area contributed by atoms with Crippen LogP contribution in [0.2, 0.25) is 0 Å². The number of aliphatic carboxylic acids is 1. The molecule has 9 heteroatoms. The minimum Gasteiger partial charge on any atom is -0.481 e. The van der Waals surface area contributed by atoms with Gasteiger partial charge in [0.2, 0.25) is 0 Å². The first-order valence-corrected chi connectivity index (χ1v) is 10.6. The molecule has 1 aliphatic carbocycles. The number of H-pyrrole nitrogens is 1. The molecule has 1 amide bonds. The summed E-state index contributed by atoms with van der Waals surface area (Å²) in [5, 5.41) is 24.1. The topological polar surface area (TPSA) is 138 Å². The first-order valence-electron chi connectivity index (χ1n) is 10.6. The highest BCUT2D eigenvalue weighted by atomic mass is 16.4. The third-order valence-corrected chi connectivity index (χ3v) is 6.23. The zero-order valence-electron chi connectivity index (χ0n) is 17.4. The molecule has 1 saturated heterocycles.